The summed E-state index contributed by atoms with van der Waals surface area (Å²) in [6.07, 6.45) is 5.79. The summed E-state index contributed by atoms with van der Waals surface area (Å²) in [5.41, 5.74) is 0.778. The van der Waals surface area contributed by atoms with Gasteiger partial charge in [-0.2, -0.15) is 0 Å². The lowest BCUT2D eigenvalue weighted by molar-refractivity contribution is -0.126. The Balaban J connectivity index is 1.80. The maximum absolute atomic E-state index is 12.7. The van der Waals surface area contributed by atoms with E-state index in [4.69, 9.17) is 0 Å². The molecule has 1 unspecified atom stereocenters. The van der Waals surface area contributed by atoms with E-state index in [1.165, 1.54) is 17.1 Å². The van der Waals surface area contributed by atoms with Gasteiger partial charge in [0.05, 0.1) is 5.75 Å². The highest BCUT2D eigenvalue weighted by Gasteiger charge is 2.31. The number of amides is 1. The van der Waals surface area contributed by atoms with Crippen LogP contribution in [0.5, 0.6) is 0 Å². The fraction of sp³-hybridized carbons (Fsp3) is 0.667. The predicted molar refractivity (Wildman–Crippen MR) is 117 cm³/mol. The van der Waals surface area contributed by atoms with E-state index in [2.05, 4.69) is 35.1 Å². The molecule has 1 N–H and O–H groups in total. The van der Waals surface area contributed by atoms with Gasteiger partial charge in [0.2, 0.25) is 15.9 Å². The van der Waals surface area contributed by atoms with Crippen LogP contribution in [0, 0.1) is 11.8 Å². The number of hydrogen-bond acceptors (Lipinski definition) is 3. The van der Waals surface area contributed by atoms with Gasteiger partial charge in [-0.25, -0.2) is 12.7 Å². The zero-order valence-corrected chi connectivity index (χ0v) is 19.4. The van der Waals surface area contributed by atoms with Gasteiger partial charge in [0, 0.05) is 30.0 Å². The van der Waals surface area contributed by atoms with Gasteiger partial charge >= 0.3 is 0 Å². The predicted octanol–water partition coefficient (Wildman–Crippen LogP) is 4.32. The van der Waals surface area contributed by atoms with Crippen LogP contribution in [0.4, 0.5) is 0 Å². The molecule has 1 fully saturated rings. The summed E-state index contributed by atoms with van der Waals surface area (Å²) < 4.78 is 27.8. The number of sulfonamides is 1. The van der Waals surface area contributed by atoms with Crippen molar-refractivity contribution >= 4 is 31.9 Å². The van der Waals surface area contributed by atoms with Crippen molar-refractivity contribution in [1.29, 1.82) is 0 Å². The third-order valence-electron chi connectivity index (χ3n) is 5.59. The number of benzene rings is 1. The van der Waals surface area contributed by atoms with E-state index in [1.807, 2.05) is 24.3 Å². The zero-order valence-electron chi connectivity index (χ0n) is 17.0. The minimum Gasteiger partial charge on any atom is -0.356 e. The molecule has 28 heavy (non-hydrogen) atoms. The van der Waals surface area contributed by atoms with Gasteiger partial charge in [-0.3, -0.25) is 4.79 Å². The van der Waals surface area contributed by atoms with Crippen molar-refractivity contribution in [1.82, 2.24) is 9.62 Å². The van der Waals surface area contributed by atoms with E-state index in [0.29, 0.717) is 31.8 Å². The maximum atomic E-state index is 12.7. The lowest BCUT2D eigenvalue weighted by Gasteiger charge is -2.31. The first-order chi connectivity index (χ1) is 13.4. The molecule has 158 valence electrons. The van der Waals surface area contributed by atoms with E-state index < -0.39 is 10.0 Å². The largest absolute Gasteiger partial charge is 0.356 e. The van der Waals surface area contributed by atoms with Gasteiger partial charge in [-0.15, -0.1) is 0 Å². The Kier molecular flexibility index (Phi) is 9.44. The first-order valence-electron chi connectivity index (χ1n) is 10.4. The second-order valence-electron chi connectivity index (χ2n) is 7.72. The lowest BCUT2D eigenvalue weighted by Crippen LogP contribution is -2.44. The summed E-state index contributed by atoms with van der Waals surface area (Å²) in [5, 5.41) is 3.10. The number of carbonyl (C=O) groups is 1. The zero-order chi connectivity index (χ0) is 20.6. The average molecular weight is 473 g/mol. The molecular weight excluding hydrogens is 440 g/mol. The van der Waals surface area contributed by atoms with Crippen LogP contribution in [0.1, 0.15) is 57.9 Å². The van der Waals surface area contributed by atoms with Crippen LogP contribution in [0.15, 0.2) is 28.7 Å². The molecule has 1 amide bonds. The molecule has 0 aromatic heterocycles. The van der Waals surface area contributed by atoms with E-state index >= 15 is 0 Å². The topological polar surface area (TPSA) is 66.5 Å². The number of hydrogen-bond donors (Lipinski definition) is 1. The highest BCUT2D eigenvalue weighted by molar-refractivity contribution is 9.10. The molecule has 1 aliphatic heterocycles. The third-order valence-corrected chi connectivity index (χ3v) is 7.97. The normalized spacial score (nSPS) is 17.4. The Morgan fingerprint density at radius 2 is 1.86 bits per heavy atom. The fourth-order valence-electron chi connectivity index (χ4n) is 3.61. The SMILES string of the molecule is CCCCC(CC)CNC(=O)C1CCN(S(=O)(=O)Cc2ccc(Br)cc2)CC1. The second-order valence-corrected chi connectivity index (χ2v) is 10.6. The Hall–Kier alpha value is -0.920. The van der Waals surface area contributed by atoms with Crippen molar-refractivity contribution in [3.63, 3.8) is 0 Å². The average Bonchev–Trinajstić information content (AvgIpc) is 2.69. The van der Waals surface area contributed by atoms with Gasteiger partial charge in [-0.1, -0.05) is 61.2 Å². The minimum absolute atomic E-state index is 0.00670. The van der Waals surface area contributed by atoms with Crippen LogP contribution in [-0.4, -0.2) is 38.3 Å². The summed E-state index contributed by atoms with van der Waals surface area (Å²) in [7, 11) is -3.35. The van der Waals surface area contributed by atoms with Gasteiger partial charge in [-0.05, 0) is 42.9 Å². The van der Waals surface area contributed by atoms with Crippen LogP contribution in [-0.2, 0) is 20.6 Å². The maximum Gasteiger partial charge on any atom is 0.223 e. The molecule has 1 saturated heterocycles. The van der Waals surface area contributed by atoms with Gasteiger partial charge in [0.25, 0.3) is 0 Å². The number of piperidine rings is 1. The molecule has 1 aromatic rings. The van der Waals surface area contributed by atoms with E-state index in [1.54, 1.807) is 0 Å². The number of nitrogens with one attached hydrogen (secondary N) is 1. The molecule has 1 heterocycles. The van der Waals surface area contributed by atoms with Crippen LogP contribution >= 0.6 is 15.9 Å². The second kappa shape index (κ2) is 11.3. The van der Waals surface area contributed by atoms with Gasteiger partial charge < -0.3 is 5.32 Å². The van der Waals surface area contributed by atoms with Crippen molar-refractivity contribution < 1.29 is 13.2 Å². The van der Waals surface area contributed by atoms with Crippen molar-refractivity contribution in [2.45, 2.75) is 58.1 Å². The molecule has 0 aliphatic carbocycles. The number of unbranched alkanes of at least 4 members (excludes halogenated alkanes) is 1. The van der Waals surface area contributed by atoms with Crippen LogP contribution in [0.3, 0.4) is 0 Å². The van der Waals surface area contributed by atoms with E-state index in [0.717, 1.165) is 29.4 Å². The first-order valence-corrected chi connectivity index (χ1v) is 12.8. The Morgan fingerprint density at radius 1 is 1.21 bits per heavy atom. The molecule has 7 heteroatoms. The minimum atomic E-state index is -3.35. The number of nitrogens with zero attached hydrogens (tertiary/aromatic N) is 1. The quantitative estimate of drug-likeness (QED) is 0.550. The van der Waals surface area contributed by atoms with Crippen LogP contribution in [0.25, 0.3) is 0 Å². The molecule has 1 aromatic carbocycles. The molecule has 5 nitrogen and oxygen atoms in total. The highest BCUT2D eigenvalue weighted by atomic mass is 79.9. The third kappa shape index (κ3) is 7.16. The summed E-state index contributed by atoms with van der Waals surface area (Å²) >= 11 is 3.36. The standard InChI is InChI=1S/C21H33BrN2O3S/c1-3-5-6-17(4-2)15-23-21(25)19-11-13-24(14-12-19)28(26,27)16-18-7-9-20(22)10-8-18/h7-10,17,19H,3-6,11-16H2,1-2H3,(H,23,25). The van der Waals surface area contributed by atoms with Crippen LogP contribution < -0.4 is 5.32 Å². The monoisotopic (exact) mass is 472 g/mol. The summed E-state index contributed by atoms with van der Waals surface area (Å²) in [6.45, 7) is 5.93. The fourth-order valence-corrected chi connectivity index (χ4v) is 5.44. The summed E-state index contributed by atoms with van der Waals surface area (Å²) in [4.78, 5) is 12.5. The van der Waals surface area contributed by atoms with Gasteiger partial charge in [0.1, 0.15) is 0 Å². The Bertz CT molecular complexity index is 714. The van der Waals surface area contributed by atoms with Crippen molar-refractivity contribution in [3.05, 3.63) is 34.3 Å². The molecule has 0 radical (unpaired) electrons. The van der Waals surface area contributed by atoms with Gasteiger partial charge in [0.15, 0.2) is 0 Å². The molecule has 2 rings (SSSR count). The van der Waals surface area contributed by atoms with Crippen LogP contribution in [0.2, 0.25) is 0 Å². The number of rotatable bonds is 10. The van der Waals surface area contributed by atoms with E-state index in [9.17, 15) is 13.2 Å². The Morgan fingerprint density at radius 3 is 2.43 bits per heavy atom. The van der Waals surface area contributed by atoms with E-state index in [-0.39, 0.29) is 17.6 Å². The first kappa shape index (κ1) is 23.4. The smallest absolute Gasteiger partial charge is 0.223 e. The number of halogens is 1. The lowest BCUT2D eigenvalue weighted by atomic mass is 9.95. The number of carbonyl (C=O) groups excluding carboxylic acids is 1. The highest BCUT2D eigenvalue weighted by Crippen LogP contribution is 2.23. The Labute approximate surface area is 178 Å². The molecular formula is C21H33BrN2O3S. The molecule has 0 saturated carbocycles. The molecule has 0 spiro atoms. The molecule has 0 bridgehead atoms. The molecule has 1 atom stereocenters. The van der Waals surface area contributed by atoms with Crippen molar-refractivity contribution in [3.8, 4) is 0 Å². The summed E-state index contributed by atoms with van der Waals surface area (Å²) in [5.74, 6) is 0.547. The van der Waals surface area contributed by atoms with Crippen molar-refractivity contribution in [2.24, 2.45) is 11.8 Å². The summed E-state index contributed by atoms with van der Waals surface area (Å²) in [6, 6.07) is 7.35. The molecule has 1 aliphatic rings. The van der Waals surface area contributed by atoms with Crippen molar-refractivity contribution in [2.75, 3.05) is 19.6 Å².